The van der Waals surface area contributed by atoms with E-state index in [1.54, 1.807) is 0 Å². The summed E-state index contributed by atoms with van der Waals surface area (Å²) in [7, 11) is 0. The smallest absolute Gasteiger partial charge is 0.329 e. The van der Waals surface area contributed by atoms with Crippen LogP contribution in [0.4, 0.5) is 13.2 Å². The Morgan fingerprint density at radius 3 is 2.29 bits per heavy atom. The minimum absolute atomic E-state index is 0.194. The van der Waals surface area contributed by atoms with Crippen molar-refractivity contribution in [3.8, 4) is 0 Å². The Morgan fingerprint density at radius 1 is 1.21 bits per heavy atom. The lowest BCUT2D eigenvalue weighted by Gasteiger charge is -2.21. The van der Waals surface area contributed by atoms with Gasteiger partial charge in [0.25, 0.3) is 0 Å². The molecule has 0 radical (unpaired) electrons. The van der Waals surface area contributed by atoms with E-state index >= 15 is 0 Å². The fraction of sp³-hybridized carbons (Fsp3) is 1.00. The molecule has 0 heterocycles. The fourth-order valence-corrected chi connectivity index (χ4v) is 1.57. The van der Waals surface area contributed by atoms with E-state index in [0.29, 0.717) is 19.1 Å². The first kappa shape index (κ1) is 11.8. The molecule has 0 spiro atoms. The van der Waals surface area contributed by atoms with E-state index in [4.69, 9.17) is 5.73 Å². The van der Waals surface area contributed by atoms with Crippen molar-refractivity contribution in [2.24, 2.45) is 5.73 Å². The number of hydrogen-bond acceptors (Lipinski definition) is 2. The summed E-state index contributed by atoms with van der Waals surface area (Å²) in [6, 6.07) is 0.506. The second-order valence-corrected chi connectivity index (χ2v) is 3.77. The van der Waals surface area contributed by atoms with Gasteiger partial charge in [-0.15, -0.1) is 0 Å². The van der Waals surface area contributed by atoms with Gasteiger partial charge in [0.15, 0.2) is 0 Å². The van der Waals surface area contributed by atoms with Crippen molar-refractivity contribution in [2.45, 2.75) is 37.9 Å². The molecule has 5 heteroatoms. The van der Waals surface area contributed by atoms with Gasteiger partial charge in [-0.25, -0.2) is 0 Å². The van der Waals surface area contributed by atoms with Gasteiger partial charge in [-0.3, -0.25) is 4.90 Å². The molecule has 0 unspecified atom stereocenters. The molecule has 0 aliphatic heterocycles. The molecule has 1 aliphatic carbocycles. The van der Waals surface area contributed by atoms with Gasteiger partial charge in [0, 0.05) is 25.6 Å². The maximum Gasteiger partial charge on any atom is 0.389 e. The van der Waals surface area contributed by atoms with Crippen LogP contribution in [0, 0.1) is 0 Å². The van der Waals surface area contributed by atoms with E-state index in [0.717, 1.165) is 19.4 Å². The molecule has 0 aromatic heterocycles. The second-order valence-electron chi connectivity index (χ2n) is 3.77. The molecular weight excluding hydrogens is 193 g/mol. The summed E-state index contributed by atoms with van der Waals surface area (Å²) in [5.74, 6) is 0. The van der Waals surface area contributed by atoms with Crippen molar-refractivity contribution in [1.29, 1.82) is 0 Å². The van der Waals surface area contributed by atoms with Crippen LogP contribution in [-0.2, 0) is 0 Å². The average Bonchev–Trinajstić information content (AvgIpc) is 2.83. The van der Waals surface area contributed by atoms with Crippen LogP contribution in [0.3, 0.4) is 0 Å². The lowest BCUT2D eigenvalue weighted by Crippen LogP contribution is -2.32. The number of rotatable bonds is 6. The van der Waals surface area contributed by atoms with Crippen molar-refractivity contribution in [3.63, 3.8) is 0 Å². The zero-order chi connectivity index (χ0) is 10.6. The maximum absolute atomic E-state index is 11.9. The van der Waals surface area contributed by atoms with E-state index in [1.165, 1.54) is 0 Å². The lowest BCUT2D eigenvalue weighted by molar-refractivity contribution is -0.136. The Balaban J connectivity index is 2.13. The topological polar surface area (TPSA) is 29.3 Å². The first-order valence-corrected chi connectivity index (χ1v) is 5.04. The van der Waals surface area contributed by atoms with Crippen LogP contribution < -0.4 is 5.73 Å². The molecule has 1 rings (SSSR count). The molecule has 0 atom stereocenters. The van der Waals surface area contributed by atoms with E-state index in [-0.39, 0.29) is 6.42 Å². The third-order valence-electron chi connectivity index (χ3n) is 2.39. The van der Waals surface area contributed by atoms with Crippen LogP contribution in [0.5, 0.6) is 0 Å². The van der Waals surface area contributed by atoms with E-state index in [1.807, 2.05) is 0 Å². The summed E-state index contributed by atoms with van der Waals surface area (Å²) in [4.78, 5) is 2.08. The van der Waals surface area contributed by atoms with Gasteiger partial charge in [-0.2, -0.15) is 13.2 Å². The van der Waals surface area contributed by atoms with Crippen LogP contribution >= 0.6 is 0 Å². The molecule has 0 aromatic rings. The highest BCUT2D eigenvalue weighted by Gasteiger charge is 2.30. The minimum Gasteiger partial charge on any atom is -0.329 e. The number of hydrogen-bond donors (Lipinski definition) is 1. The van der Waals surface area contributed by atoms with Gasteiger partial charge in [0.1, 0.15) is 0 Å². The Hall–Kier alpha value is -0.290. The normalized spacial score (nSPS) is 17.8. The van der Waals surface area contributed by atoms with Crippen molar-refractivity contribution >= 4 is 0 Å². The molecule has 2 nitrogen and oxygen atoms in total. The Bertz CT molecular complexity index is 166. The van der Waals surface area contributed by atoms with Crippen LogP contribution in [0.2, 0.25) is 0 Å². The van der Waals surface area contributed by atoms with E-state index in [2.05, 4.69) is 4.90 Å². The standard InChI is InChI=1S/C9H17F3N2/c10-9(11,12)4-1-6-14(7-5-13)8-2-3-8/h8H,1-7,13H2. The zero-order valence-electron chi connectivity index (χ0n) is 8.19. The summed E-state index contributed by atoms with van der Waals surface area (Å²) >= 11 is 0. The number of nitrogens with two attached hydrogens (primary N) is 1. The summed E-state index contributed by atoms with van der Waals surface area (Å²) in [6.07, 6.45) is -2.27. The molecule has 1 aliphatic rings. The minimum atomic E-state index is -4.02. The highest BCUT2D eigenvalue weighted by molar-refractivity contribution is 4.84. The van der Waals surface area contributed by atoms with Crippen molar-refractivity contribution in [1.82, 2.24) is 4.90 Å². The zero-order valence-corrected chi connectivity index (χ0v) is 8.19. The number of alkyl halides is 3. The van der Waals surface area contributed by atoms with Crippen molar-refractivity contribution in [2.75, 3.05) is 19.6 Å². The summed E-state index contributed by atoms with van der Waals surface area (Å²) in [5.41, 5.74) is 5.39. The molecule has 0 bridgehead atoms. The summed E-state index contributed by atoms with van der Waals surface area (Å²) in [5, 5.41) is 0. The van der Waals surface area contributed by atoms with Gasteiger partial charge < -0.3 is 5.73 Å². The highest BCUT2D eigenvalue weighted by Crippen LogP contribution is 2.28. The molecule has 1 fully saturated rings. The van der Waals surface area contributed by atoms with Crippen molar-refractivity contribution in [3.05, 3.63) is 0 Å². The fourth-order valence-electron chi connectivity index (χ4n) is 1.57. The Labute approximate surface area is 82.2 Å². The summed E-state index contributed by atoms with van der Waals surface area (Å²) < 4.78 is 35.6. The predicted molar refractivity (Wildman–Crippen MR) is 48.9 cm³/mol. The van der Waals surface area contributed by atoms with Crippen LogP contribution in [0.15, 0.2) is 0 Å². The molecular formula is C9H17F3N2. The Kier molecular flexibility index (Phi) is 4.19. The highest BCUT2D eigenvalue weighted by atomic mass is 19.4. The van der Waals surface area contributed by atoms with Gasteiger partial charge in [-0.05, 0) is 25.8 Å². The molecule has 2 N–H and O–H groups in total. The molecule has 0 aromatic carbocycles. The molecule has 1 saturated carbocycles. The first-order valence-electron chi connectivity index (χ1n) is 5.04. The van der Waals surface area contributed by atoms with E-state index in [9.17, 15) is 13.2 Å². The largest absolute Gasteiger partial charge is 0.389 e. The van der Waals surface area contributed by atoms with Crippen LogP contribution in [0.1, 0.15) is 25.7 Å². The van der Waals surface area contributed by atoms with Gasteiger partial charge in [-0.1, -0.05) is 0 Å². The maximum atomic E-state index is 11.9. The lowest BCUT2D eigenvalue weighted by atomic mass is 10.3. The quantitative estimate of drug-likeness (QED) is 0.723. The van der Waals surface area contributed by atoms with Gasteiger partial charge in [0.05, 0.1) is 0 Å². The molecule has 0 saturated heterocycles. The third kappa shape index (κ3) is 4.81. The average molecular weight is 210 g/mol. The van der Waals surface area contributed by atoms with Crippen LogP contribution in [-0.4, -0.2) is 36.8 Å². The first-order chi connectivity index (χ1) is 6.53. The van der Waals surface area contributed by atoms with Gasteiger partial charge >= 0.3 is 6.18 Å². The van der Waals surface area contributed by atoms with Crippen molar-refractivity contribution < 1.29 is 13.2 Å². The monoisotopic (exact) mass is 210 g/mol. The molecule has 0 amide bonds. The van der Waals surface area contributed by atoms with Crippen LogP contribution in [0.25, 0.3) is 0 Å². The second kappa shape index (κ2) is 4.98. The molecule has 84 valence electrons. The third-order valence-corrected chi connectivity index (χ3v) is 2.39. The SMILES string of the molecule is NCCN(CCCC(F)(F)F)C1CC1. The number of nitrogens with zero attached hydrogens (tertiary/aromatic N) is 1. The molecule has 14 heavy (non-hydrogen) atoms. The predicted octanol–water partition coefficient (Wildman–Crippen LogP) is 1.75. The van der Waals surface area contributed by atoms with E-state index < -0.39 is 12.6 Å². The number of halogens is 3. The summed E-state index contributed by atoms with van der Waals surface area (Å²) in [6.45, 7) is 1.78. The van der Waals surface area contributed by atoms with Gasteiger partial charge in [0.2, 0.25) is 0 Å². The Morgan fingerprint density at radius 2 is 1.86 bits per heavy atom.